The number of aromatic nitrogens is 2. The van der Waals surface area contributed by atoms with Crippen molar-refractivity contribution in [1.82, 2.24) is 20.4 Å². The first-order valence-electron chi connectivity index (χ1n) is 9.99. The molecule has 1 amide bonds. The van der Waals surface area contributed by atoms with Crippen LogP contribution in [0.25, 0.3) is 0 Å². The van der Waals surface area contributed by atoms with E-state index in [9.17, 15) is 4.79 Å². The molecule has 1 atom stereocenters. The number of hydrogen-bond donors (Lipinski definition) is 1. The normalized spacial score (nSPS) is 39.9. The highest BCUT2D eigenvalue weighted by Crippen LogP contribution is 2.53. The van der Waals surface area contributed by atoms with Gasteiger partial charge in [0.1, 0.15) is 0 Å². The van der Waals surface area contributed by atoms with Gasteiger partial charge in [-0.2, -0.15) is 4.98 Å². The highest BCUT2D eigenvalue weighted by Gasteiger charge is 2.48. The second-order valence-corrected chi connectivity index (χ2v) is 8.82. The van der Waals surface area contributed by atoms with Crippen molar-refractivity contribution >= 4 is 5.91 Å². The molecular weight excluding hydrogens is 316 g/mol. The minimum Gasteiger partial charge on any atom is -0.352 e. The molecule has 1 N–H and O–H groups in total. The first kappa shape index (κ1) is 15.8. The maximum absolute atomic E-state index is 12.8. The van der Waals surface area contributed by atoms with E-state index in [4.69, 9.17) is 4.52 Å². The van der Waals surface area contributed by atoms with Gasteiger partial charge in [0.15, 0.2) is 5.82 Å². The molecule has 0 radical (unpaired) electrons. The van der Waals surface area contributed by atoms with Gasteiger partial charge in [0.05, 0.1) is 12.6 Å². The van der Waals surface area contributed by atoms with E-state index in [-0.39, 0.29) is 11.9 Å². The summed E-state index contributed by atoms with van der Waals surface area (Å²) in [6, 6.07) is 0.551. The average Bonchev–Trinajstić information content (AvgIpc) is 3.19. The van der Waals surface area contributed by atoms with Crippen LogP contribution in [-0.2, 0) is 4.79 Å². The second-order valence-electron chi connectivity index (χ2n) is 8.82. The monoisotopic (exact) mass is 344 g/mol. The van der Waals surface area contributed by atoms with Gasteiger partial charge < -0.3 is 9.84 Å². The lowest BCUT2D eigenvalue weighted by Gasteiger charge is -2.54. The molecule has 1 unspecified atom stereocenters. The fraction of sp³-hybridized carbons (Fsp3) is 0.842. The first-order chi connectivity index (χ1) is 12.2. The van der Waals surface area contributed by atoms with Gasteiger partial charge in [-0.05, 0) is 75.2 Å². The molecule has 5 fully saturated rings. The summed E-state index contributed by atoms with van der Waals surface area (Å²) in [4.78, 5) is 19.3. The molecule has 5 aliphatic rings. The molecule has 1 aliphatic heterocycles. The van der Waals surface area contributed by atoms with E-state index < -0.39 is 0 Å². The summed E-state index contributed by atoms with van der Waals surface area (Å²) in [6.07, 6.45) is 8.90. The minimum absolute atomic E-state index is 0.127. The van der Waals surface area contributed by atoms with Crippen molar-refractivity contribution in [3.8, 4) is 0 Å². The van der Waals surface area contributed by atoms with E-state index in [1.807, 2.05) is 6.92 Å². The lowest BCUT2D eigenvalue weighted by molar-refractivity contribution is -0.126. The topological polar surface area (TPSA) is 71.3 Å². The molecule has 1 saturated heterocycles. The van der Waals surface area contributed by atoms with Crippen LogP contribution in [0.3, 0.4) is 0 Å². The third-order valence-electron chi connectivity index (χ3n) is 7.11. The molecule has 0 spiro atoms. The zero-order valence-corrected chi connectivity index (χ0v) is 15.0. The molecule has 6 nitrogen and oxygen atoms in total. The Morgan fingerprint density at radius 2 is 1.92 bits per heavy atom. The maximum atomic E-state index is 12.8. The Bertz CT molecular complexity index is 630. The van der Waals surface area contributed by atoms with Crippen molar-refractivity contribution in [3.05, 3.63) is 11.7 Å². The summed E-state index contributed by atoms with van der Waals surface area (Å²) in [6.45, 7) is 3.21. The summed E-state index contributed by atoms with van der Waals surface area (Å²) in [5, 5.41) is 7.49. The Hall–Kier alpha value is -1.43. The predicted octanol–water partition coefficient (Wildman–Crippen LogP) is 2.46. The molecule has 1 aromatic heterocycles. The van der Waals surface area contributed by atoms with Gasteiger partial charge in [0.25, 0.3) is 0 Å². The summed E-state index contributed by atoms with van der Waals surface area (Å²) in [7, 11) is 0. The van der Waals surface area contributed by atoms with Crippen LogP contribution in [0.5, 0.6) is 0 Å². The minimum atomic E-state index is 0.127. The third kappa shape index (κ3) is 2.88. The van der Waals surface area contributed by atoms with Crippen LogP contribution in [0, 0.1) is 30.6 Å². The van der Waals surface area contributed by atoms with Crippen LogP contribution in [-0.4, -0.2) is 40.1 Å². The molecule has 6 rings (SSSR count). The number of carbonyl (C=O) groups excluding carboxylic acids is 1. The summed E-state index contributed by atoms with van der Waals surface area (Å²) in [5.74, 6) is 4.87. The largest absolute Gasteiger partial charge is 0.352 e. The van der Waals surface area contributed by atoms with Gasteiger partial charge in [0, 0.05) is 13.0 Å². The van der Waals surface area contributed by atoms with Crippen molar-refractivity contribution in [3.63, 3.8) is 0 Å². The molecule has 4 saturated carbocycles. The number of nitrogens with one attached hydrogen (secondary N) is 1. The van der Waals surface area contributed by atoms with Gasteiger partial charge in [-0.1, -0.05) is 5.16 Å². The Morgan fingerprint density at radius 3 is 2.56 bits per heavy atom. The van der Waals surface area contributed by atoms with Crippen molar-refractivity contribution in [2.45, 2.75) is 64.0 Å². The standard InChI is InChI=1S/C19H28N4O2/c1-11-20-19(22-25-11)16-3-2-4-23(16)10-17(24)21-18-14-6-12-5-13(8-14)9-15(18)7-12/h12-16,18H,2-10H2,1H3,(H,21,24). The van der Waals surface area contributed by atoms with Crippen LogP contribution in [0.2, 0.25) is 0 Å². The number of likely N-dealkylation sites (tertiary alicyclic amines) is 1. The molecule has 6 heteroatoms. The van der Waals surface area contributed by atoms with E-state index in [0.717, 1.165) is 48.9 Å². The molecule has 25 heavy (non-hydrogen) atoms. The average molecular weight is 344 g/mol. The third-order valence-corrected chi connectivity index (χ3v) is 7.11. The van der Waals surface area contributed by atoms with Gasteiger partial charge in [-0.15, -0.1) is 0 Å². The van der Waals surface area contributed by atoms with Crippen molar-refractivity contribution in [2.24, 2.45) is 23.7 Å². The fourth-order valence-corrected chi connectivity index (χ4v) is 6.33. The quantitative estimate of drug-likeness (QED) is 0.908. The van der Waals surface area contributed by atoms with Crippen LogP contribution >= 0.6 is 0 Å². The number of rotatable bonds is 4. The fourth-order valence-electron chi connectivity index (χ4n) is 6.33. The van der Waals surface area contributed by atoms with Crippen LogP contribution in [0.4, 0.5) is 0 Å². The van der Waals surface area contributed by atoms with Crippen LogP contribution in [0.1, 0.15) is 62.7 Å². The zero-order chi connectivity index (χ0) is 17.0. The lowest BCUT2D eigenvalue weighted by Crippen LogP contribution is -2.57. The Balaban J connectivity index is 1.22. The molecule has 1 aromatic rings. The van der Waals surface area contributed by atoms with Gasteiger partial charge in [-0.3, -0.25) is 9.69 Å². The van der Waals surface area contributed by atoms with Gasteiger partial charge in [-0.25, -0.2) is 0 Å². The van der Waals surface area contributed by atoms with Crippen molar-refractivity contribution in [1.29, 1.82) is 0 Å². The Labute approximate surface area is 148 Å². The predicted molar refractivity (Wildman–Crippen MR) is 91.6 cm³/mol. The van der Waals surface area contributed by atoms with Gasteiger partial charge in [0.2, 0.25) is 11.8 Å². The summed E-state index contributed by atoms with van der Waals surface area (Å²) >= 11 is 0. The van der Waals surface area contributed by atoms with Gasteiger partial charge >= 0.3 is 0 Å². The van der Waals surface area contributed by atoms with E-state index in [1.54, 1.807) is 0 Å². The first-order valence-corrected chi connectivity index (χ1v) is 9.99. The zero-order valence-electron chi connectivity index (χ0n) is 15.0. The van der Waals surface area contributed by atoms with Crippen molar-refractivity contribution in [2.75, 3.05) is 13.1 Å². The number of hydrogen-bond acceptors (Lipinski definition) is 5. The molecule has 4 bridgehead atoms. The van der Waals surface area contributed by atoms with E-state index >= 15 is 0 Å². The van der Waals surface area contributed by atoms with Crippen LogP contribution < -0.4 is 5.32 Å². The maximum Gasteiger partial charge on any atom is 0.234 e. The lowest BCUT2D eigenvalue weighted by atomic mass is 9.54. The number of nitrogens with zero attached hydrogens (tertiary/aromatic N) is 3. The van der Waals surface area contributed by atoms with Crippen molar-refractivity contribution < 1.29 is 9.32 Å². The highest BCUT2D eigenvalue weighted by molar-refractivity contribution is 5.78. The van der Waals surface area contributed by atoms with E-state index in [2.05, 4.69) is 20.4 Å². The van der Waals surface area contributed by atoms with Crippen LogP contribution in [0.15, 0.2) is 4.52 Å². The molecule has 2 heterocycles. The summed E-state index contributed by atoms with van der Waals surface area (Å²) < 4.78 is 5.13. The van der Waals surface area contributed by atoms with E-state index in [1.165, 1.54) is 32.1 Å². The molecule has 4 aliphatic carbocycles. The molecule has 0 aromatic carbocycles. The SMILES string of the molecule is Cc1nc(C2CCCN2CC(=O)NC2C3CC4CC(C3)CC2C4)no1. The Morgan fingerprint density at radius 1 is 1.20 bits per heavy atom. The Kier molecular flexibility index (Phi) is 3.84. The smallest absolute Gasteiger partial charge is 0.234 e. The molecule has 136 valence electrons. The number of aryl methyl sites for hydroxylation is 1. The highest BCUT2D eigenvalue weighted by atomic mass is 16.5. The van der Waals surface area contributed by atoms with E-state index in [0.29, 0.717) is 18.5 Å². The second kappa shape index (κ2) is 6.08. The molecular formula is C19H28N4O2. The number of carbonyl (C=O) groups is 1. The summed E-state index contributed by atoms with van der Waals surface area (Å²) in [5.41, 5.74) is 0. The number of amides is 1.